The molecule has 25 heavy (non-hydrogen) atoms. The van der Waals surface area contributed by atoms with E-state index in [4.69, 9.17) is 8.94 Å². The van der Waals surface area contributed by atoms with Gasteiger partial charge in [0.1, 0.15) is 0 Å². The third-order valence-electron chi connectivity index (χ3n) is 3.91. The van der Waals surface area contributed by atoms with Crippen LogP contribution in [0.1, 0.15) is 17.1 Å². The molecule has 0 fully saturated rings. The highest BCUT2D eigenvalue weighted by Gasteiger charge is 2.18. The van der Waals surface area contributed by atoms with Crippen LogP contribution in [0.25, 0.3) is 22.8 Å². The van der Waals surface area contributed by atoms with Crippen LogP contribution < -0.4 is 0 Å². The van der Waals surface area contributed by atoms with Crippen LogP contribution in [0.5, 0.6) is 0 Å². The van der Waals surface area contributed by atoms with E-state index >= 15 is 0 Å². The van der Waals surface area contributed by atoms with Gasteiger partial charge in [-0.25, -0.2) is 0 Å². The van der Waals surface area contributed by atoms with Gasteiger partial charge in [-0.1, -0.05) is 51.4 Å². The van der Waals surface area contributed by atoms with Crippen LogP contribution in [-0.2, 0) is 6.42 Å². The molecule has 4 aromatic rings. The van der Waals surface area contributed by atoms with Gasteiger partial charge in [-0.2, -0.15) is 0 Å². The SMILES string of the molecule is Cc1noc(-c2ccc(Br)cc2)c1Cc1nnc(-c2ccccc2)o1. The predicted octanol–water partition coefficient (Wildman–Crippen LogP) is 5.05. The number of rotatable bonds is 4. The zero-order valence-electron chi connectivity index (χ0n) is 13.4. The first-order chi connectivity index (χ1) is 12.2. The van der Waals surface area contributed by atoms with Crippen molar-refractivity contribution in [2.45, 2.75) is 13.3 Å². The molecule has 0 spiro atoms. The first-order valence-electron chi connectivity index (χ1n) is 7.79. The molecular weight excluding hydrogens is 382 g/mol. The van der Waals surface area contributed by atoms with E-state index in [0.29, 0.717) is 18.2 Å². The number of halogens is 1. The lowest BCUT2D eigenvalue weighted by Crippen LogP contribution is -1.92. The van der Waals surface area contributed by atoms with Gasteiger partial charge in [0, 0.05) is 21.2 Å². The maximum atomic E-state index is 5.81. The van der Waals surface area contributed by atoms with Gasteiger partial charge in [0.15, 0.2) is 5.76 Å². The molecule has 0 aliphatic rings. The highest BCUT2D eigenvalue weighted by atomic mass is 79.9. The molecule has 2 aromatic carbocycles. The zero-order chi connectivity index (χ0) is 17.2. The summed E-state index contributed by atoms with van der Waals surface area (Å²) in [5.41, 5.74) is 3.63. The number of hydrogen-bond donors (Lipinski definition) is 0. The van der Waals surface area contributed by atoms with Crippen LogP contribution >= 0.6 is 15.9 Å². The average molecular weight is 396 g/mol. The van der Waals surface area contributed by atoms with E-state index in [0.717, 1.165) is 32.6 Å². The van der Waals surface area contributed by atoms with Crippen molar-refractivity contribution in [2.75, 3.05) is 0 Å². The van der Waals surface area contributed by atoms with Gasteiger partial charge in [-0.3, -0.25) is 0 Å². The van der Waals surface area contributed by atoms with Crippen LogP contribution in [0.4, 0.5) is 0 Å². The first-order valence-corrected chi connectivity index (χ1v) is 8.59. The summed E-state index contributed by atoms with van der Waals surface area (Å²) >= 11 is 3.44. The van der Waals surface area contributed by atoms with Crippen molar-refractivity contribution >= 4 is 15.9 Å². The number of nitrogens with zero attached hydrogens (tertiary/aromatic N) is 3. The van der Waals surface area contributed by atoms with Gasteiger partial charge >= 0.3 is 0 Å². The standard InChI is InChI=1S/C19H14BrN3O2/c1-12-16(18(25-23-12)13-7-9-15(20)10-8-13)11-17-21-22-19(24-17)14-5-3-2-4-6-14/h2-10H,11H2,1H3. The van der Waals surface area contributed by atoms with Crippen molar-refractivity contribution in [3.05, 3.63) is 76.2 Å². The highest BCUT2D eigenvalue weighted by molar-refractivity contribution is 9.10. The lowest BCUT2D eigenvalue weighted by molar-refractivity contribution is 0.426. The normalized spacial score (nSPS) is 11.0. The predicted molar refractivity (Wildman–Crippen MR) is 96.9 cm³/mol. The van der Waals surface area contributed by atoms with Gasteiger partial charge in [0.2, 0.25) is 11.8 Å². The summed E-state index contributed by atoms with van der Waals surface area (Å²) < 4.78 is 12.4. The molecule has 0 saturated heterocycles. The van der Waals surface area contributed by atoms with E-state index in [9.17, 15) is 0 Å². The zero-order valence-corrected chi connectivity index (χ0v) is 15.0. The maximum absolute atomic E-state index is 5.81. The van der Waals surface area contributed by atoms with Gasteiger partial charge in [0.05, 0.1) is 12.1 Å². The first kappa shape index (κ1) is 15.8. The Morgan fingerprint density at radius 1 is 0.920 bits per heavy atom. The lowest BCUT2D eigenvalue weighted by atomic mass is 10.0. The number of aryl methyl sites for hydroxylation is 1. The fraction of sp³-hybridized carbons (Fsp3) is 0.105. The molecule has 6 heteroatoms. The topological polar surface area (TPSA) is 65.0 Å². The summed E-state index contributed by atoms with van der Waals surface area (Å²) in [6, 6.07) is 17.6. The van der Waals surface area contributed by atoms with Crippen LogP contribution in [0.3, 0.4) is 0 Å². The van der Waals surface area contributed by atoms with Crippen molar-refractivity contribution in [3.8, 4) is 22.8 Å². The molecule has 0 aliphatic heterocycles. The molecule has 0 radical (unpaired) electrons. The van der Waals surface area contributed by atoms with Gasteiger partial charge in [0.25, 0.3) is 0 Å². The second kappa shape index (κ2) is 6.64. The molecule has 0 unspecified atom stereocenters. The van der Waals surface area contributed by atoms with E-state index in [1.54, 1.807) is 0 Å². The van der Waals surface area contributed by atoms with E-state index in [1.165, 1.54) is 0 Å². The molecule has 2 aromatic heterocycles. The van der Waals surface area contributed by atoms with Gasteiger partial charge in [-0.05, 0) is 31.2 Å². The van der Waals surface area contributed by atoms with Gasteiger partial charge in [-0.15, -0.1) is 10.2 Å². The molecule has 2 heterocycles. The quantitative estimate of drug-likeness (QED) is 0.483. The van der Waals surface area contributed by atoms with E-state index < -0.39 is 0 Å². The van der Waals surface area contributed by atoms with E-state index in [2.05, 4.69) is 31.3 Å². The number of aromatic nitrogens is 3. The summed E-state index contributed by atoms with van der Waals surface area (Å²) in [6.45, 7) is 1.91. The molecular formula is C19H14BrN3O2. The summed E-state index contributed by atoms with van der Waals surface area (Å²) in [5.74, 6) is 1.77. The molecule has 0 saturated carbocycles. The van der Waals surface area contributed by atoms with Crippen LogP contribution in [0.15, 0.2) is 68.0 Å². The summed E-state index contributed by atoms with van der Waals surface area (Å²) in [5, 5.41) is 12.4. The molecule has 124 valence electrons. The Kier molecular flexibility index (Phi) is 4.19. The Labute approximate surface area is 152 Å². The molecule has 4 rings (SSSR count). The van der Waals surface area contributed by atoms with Crippen molar-refractivity contribution in [3.63, 3.8) is 0 Å². The molecule has 0 bridgehead atoms. The van der Waals surface area contributed by atoms with E-state index in [-0.39, 0.29) is 0 Å². The Bertz CT molecular complexity index is 991. The summed E-state index contributed by atoms with van der Waals surface area (Å²) in [4.78, 5) is 0. The molecule has 0 atom stereocenters. The van der Waals surface area contributed by atoms with Crippen molar-refractivity contribution < 1.29 is 8.94 Å². The number of hydrogen-bond acceptors (Lipinski definition) is 5. The molecule has 0 amide bonds. The second-order valence-corrected chi connectivity index (χ2v) is 6.54. The van der Waals surface area contributed by atoms with Crippen LogP contribution in [0.2, 0.25) is 0 Å². The number of benzene rings is 2. The summed E-state index contributed by atoms with van der Waals surface area (Å²) in [7, 11) is 0. The minimum Gasteiger partial charge on any atom is -0.420 e. The highest BCUT2D eigenvalue weighted by Crippen LogP contribution is 2.29. The summed E-state index contributed by atoms with van der Waals surface area (Å²) in [6.07, 6.45) is 0.473. The smallest absolute Gasteiger partial charge is 0.247 e. The second-order valence-electron chi connectivity index (χ2n) is 5.63. The molecule has 5 nitrogen and oxygen atoms in total. The molecule has 0 N–H and O–H groups in total. The Balaban J connectivity index is 1.65. The largest absolute Gasteiger partial charge is 0.420 e. The van der Waals surface area contributed by atoms with Crippen molar-refractivity contribution in [2.24, 2.45) is 0 Å². The fourth-order valence-corrected chi connectivity index (χ4v) is 2.86. The minimum absolute atomic E-state index is 0.473. The molecule has 0 aliphatic carbocycles. The minimum atomic E-state index is 0.473. The van der Waals surface area contributed by atoms with Crippen LogP contribution in [0, 0.1) is 6.92 Å². The lowest BCUT2D eigenvalue weighted by Gasteiger charge is -2.00. The Hall–Kier alpha value is -2.73. The Morgan fingerprint density at radius 3 is 2.44 bits per heavy atom. The fourth-order valence-electron chi connectivity index (χ4n) is 2.60. The third-order valence-corrected chi connectivity index (χ3v) is 4.44. The average Bonchev–Trinajstić information content (AvgIpc) is 3.25. The van der Waals surface area contributed by atoms with E-state index in [1.807, 2.05) is 61.5 Å². The van der Waals surface area contributed by atoms with Crippen molar-refractivity contribution in [1.29, 1.82) is 0 Å². The van der Waals surface area contributed by atoms with Crippen molar-refractivity contribution in [1.82, 2.24) is 15.4 Å². The van der Waals surface area contributed by atoms with Crippen LogP contribution in [-0.4, -0.2) is 15.4 Å². The van der Waals surface area contributed by atoms with Gasteiger partial charge < -0.3 is 8.94 Å². The Morgan fingerprint density at radius 2 is 1.68 bits per heavy atom. The monoisotopic (exact) mass is 395 g/mol. The third kappa shape index (κ3) is 3.25. The maximum Gasteiger partial charge on any atom is 0.247 e.